The van der Waals surface area contributed by atoms with Crippen LogP contribution in [0.25, 0.3) is 11.3 Å². The smallest absolute Gasteiger partial charge is 0.224 e. The van der Waals surface area contributed by atoms with Crippen molar-refractivity contribution >= 4 is 11.6 Å². The Labute approximate surface area is 111 Å². The number of hydrogen-bond donors (Lipinski definition) is 3. The lowest BCUT2D eigenvalue weighted by atomic mass is 9.99. The Hall–Kier alpha value is -2.14. The molecule has 0 spiro atoms. The molecule has 2 aromatic rings. The second-order valence-electron chi connectivity index (χ2n) is 4.74. The van der Waals surface area contributed by atoms with Gasteiger partial charge in [0.05, 0.1) is 5.69 Å². The molecule has 4 N–H and O–H groups in total. The third-order valence-corrected chi connectivity index (χ3v) is 3.34. The topological polar surface area (TPSA) is 83.8 Å². The molecule has 0 fully saturated rings. The number of carbonyl (C=O) groups excluding carboxylic acids is 1. The van der Waals surface area contributed by atoms with E-state index in [4.69, 9.17) is 5.73 Å². The Bertz CT molecular complexity index is 618. The number of fused-ring (bicyclic) bond motifs is 1. The van der Waals surface area contributed by atoms with Gasteiger partial charge in [-0.2, -0.15) is 5.10 Å². The molecule has 0 radical (unpaired) electrons. The molecular weight excluding hydrogens is 240 g/mol. The molecule has 98 valence electrons. The Morgan fingerprint density at radius 3 is 3.00 bits per heavy atom. The van der Waals surface area contributed by atoms with E-state index in [1.807, 2.05) is 18.2 Å². The van der Waals surface area contributed by atoms with Crippen molar-refractivity contribution in [1.29, 1.82) is 0 Å². The molecule has 0 bridgehead atoms. The van der Waals surface area contributed by atoms with Crippen LogP contribution in [-0.4, -0.2) is 22.6 Å². The molecule has 1 aromatic heterocycles. The summed E-state index contributed by atoms with van der Waals surface area (Å²) in [6.45, 7) is 0.609. The summed E-state index contributed by atoms with van der Waals surface area (Å²) in [5.74, 6) is 0.0882. The van der Waals surface area contributed by atoms with E-state index >= 15 is 0 Å². The largest absolute Gasteiger partial charge is 0.330 e. The molecule has 0 saturated heterocycles. The van der Waals surface area contributed by atoms with E-state index in [0.717, 1.165) is 35.5 Å². The molecule has 5 heteroatoms. The van der Waals surface area contributed by atoms with Crippen LogP contribution in [0.4, 0.5) is 5.69 Å². The SMILES string of the molecule is NCCc1cc(-c2ccc3c(c2)CCC(=O)N3)n[nH]1. The van der Waals surface area contributed by atoms with Crippen molar-refractivity contribution in [3.05, 3.63) is 35.5 Å². The lowest BCUT2D eigenvalue weighted by Crippen LogP contribution is -2.18. The maximum absolute atomic E-state index is 11.3. The molecule has 19 heavy (non-hydrogen) atoms. The molecule has 1 aromatic carbocycles. The molecule has 1 aliphatic rings. The Balaban J connectivity index is 1.90. The fourth-order valence-electron chi connectivity index (χ4n) is 2.34. The molecule has 0 unspecified atom stereocenters. The summed E-state index contributed by atoms with van der Waals surface area (Å²) in [6, 6.07) is 8.04. The molecule has 0 atom stereocenters. The number of amides is 1. The van der Waals surface area contributed by atoms with Crippen LogP contribution >= 0.6 is 0 Å². The number of nitrogens with zero attached hydrogens (tertiary/aromatic N) is 1. The summed E-state index contributed by atoms with van der Waals surface area (Å²) in [7, 11) is 0. The van der Waals surface area contributed by atoms with Gasteiger partial charge >= 0.3 is 0 Å². The third-order valence-electron chi connectivity index (χ3n) is 3.34. The lowest BCUT2D eigenvalue weighted by Gasteiger charge is -2.17. The summed E-state index contributed by atoms with van der Waals surface area (Å²) in [5, 5.41) is 10.2. The minimum absolute atomic E-state index is 0.0882. The maximum atomic E-state index is 11.3. The van der Waals surface area contributed by atoms with Crippen LogP contribution in [-0.2, 0) is 17.6 Å². The number of aromatic amines is 1. The van der Waals surface area contributed by atoms with Crippen LogP contribution in [0, 0.1) is 0 Å². The zero-order chi connectivity index (χ0) is 13.2. The first-order valence-corrected chi connectivity index (χ1v) is 6.44. The maximum Gasteiger partial charge on any atom is 0.224 e. The number of H-pyrrole nitrogens is 1. The number of rotatable bonds is 3. The second-order valence-corrected chi connectivity index (χ2v) is 4.74. The van der Waals surface area contributed by atoms with Gasteiger partial charge in [-0.25, -0.2) is 0 Å². The van der Waals surface area contributed by atoms with Crippen LogP contribution in [0.5, 0.6) is 0 Å². The predicted molar refractivity (Wildman–Crippen MR) is 73.7 cm³/mol. The van der Waals surface area contributed by atoms with Crippen molar-refractivity contribution in [1.82, 2.24) is 10.2 Å². The van der Waals surface area contributed by atoms with E-state index in [0.29, 0.717) is 13.0 Å². The van der Waals surface area contributed by atoms with Crippen molar-refractivity contribution in [3.8, 4) is 11.3 Å². The molecule has 0 aliphatic carbocycles. The summed E-state index contributed by atoms with van der Waals surface area (Å²) >= 11 is 0. The fourth-order valence-corrected chi connectivity index (χ4v) is 2.34. The number of nitrogens with two attached hydrogens (primary N) is 1. The zero-order valence-electron chi connectivity index (χ0n) is 10.6. The molecule has 0 saturated carbocycles. The van der Waals surface area contributed by atoms with Crippen LogP contribution in [0.2, 0.25) is 0 Å². The van der Waals surface area contributed by atoms with Crippen molar-refractivity contribution in [2.24, 2.45) is 5.73 Å². The average molecular weight is 256 g/mol. The Morgan fingerprint density at radius 2 is 2.16 bits per heavy atom. The summed E-state index contributed by atoms with van der Waals surface area (Å²) in [5.41, 5.74) is 10.6. The van der Waals surface area contributed by atoms with Crippen molar-refractivity contribution in [2.75, 3.05) is 11.9 Å². The first-order chi connectivity index (χ1) is 9.26. The Kier molecular flexibility index (Phi) is 3.05. The first kappa shape index (κ1) is 11.9. The van der Waals surface area contributed by atoms with Crippen LogP contribution in [0.15, 0.2) is 24.3 Å². The normalized spacial score (nSPS) is 14.1. The van der Waals surface area contributed by atoms with E-state index in [2.05, 4.69) is 21.6 Å². The molecule has 5 nitrogen and oxygen atoms in total. The summed E-state index contributed by atoms with van der Waals surface area (Å²) in [6.07, 6.45) is 2.14. The predicted octanol–water partition coefficient (Wildman–Crippen LogP) is 1.46. The number of carbonyl (C=O) groups is 1. The summed E-state index contributed by atoms with van der Waals surface area (Å²) in [4.78, 5) is 11.3. The van der Waals surface area contributed by atoms with Crippen LogP contribution < -0.4 is 11.1 Å². The van der Waals surface area contributed by atoms with Gasteiger partial charge < -0.3 is 11.1 Å². The van der Waals surface area contributed by atoms with E-state index in [1.165, 1.54) is 5.56 Å². The van der Waals surface area contributed by atoms with Gasteiger partial charge in [0.25, 0.3) is 0 Å². The number of benzene rings is 1. The lowest BCUT2D eigenvalue weighted by molar-refractivity contribution is -0.116. The molecule has 2 heterocycles. The third kappa shape index (κ3) is 2.37. The minimum Gasteiger partial charge on any atom is -0.330 e. The highest BCUT2D eigenvalue weighted by atomic mass is 16.1. The standard InChI is InChI=1S/C14H16N4O/c15-6-5-11-8-13(18-17-11)10-1-3-12-9(7-10)2-4-14(19)16-12/h1,3,7-8H,2,4-6,15H2,(H,16,19)(H,17,18). The van der Waals surface area contributed by atoms with Crippen LogP contribution in [0.1, 0.15) is 17.7 Å². The van der Waals surface area contributed by atoms with E-state index in [1.54, 1.807) is 0 Å². The highest BCUT2D eigenvalue weighted by Crippen LogP contribution is 2.28. The number of anilines is 1. The van der Waals surface area contributed by atoms with Gasteiger partial charge in [-0.15, -0.1) is 0 Å². The van der Waals surface area contributed by atoms with E-state index < -0.39 is 0 Å². The Morgan fingerprint density at radius 1 is 1.26 bits per heavy atom. The van der Waals surface area contributed by atoms with Gasteiger partial charge in [0.1, 0.15) is 0 Å². The average Bonchev–Trinajstić information content (AvgIpc) is 2.87. The van der Waals surface area contributed by atoms with Crippen molar-refractivity contribution in [3.63, 3.8) is 0 Å². The molecular formula is C14H16N4O. The monoisotopic (exact) mass is 256 g/mol. The fraction of sp³-hybridized carbons (Fsp3) is 0.286. The van der Waals surface area contributed by atoms with Crippen LogP contribution in [0.3, 0.4) is 0 Å². The molecule has 3 rings (SSSR count). The van der Waals surface area contributed by atoms with Gasteiger partial charge in [0, 0.05) is 29.8 Å². The number of aromatic nitrogens is 2. The van der Waals surface area contributed by atoms with E-state index in [9.17, 15) is 4.79 Å². The minimum atomic E-state index is 0.0882. The zero-order valence-corrected chi connectivity index (χ0v) is 10.6. The van der Waals surface area contributed by atoms with Crippen molar-refractivity contribution < 1.29 is 4.79 Å². The van der Waals surface area contributed by atoms with Gasteiger partial charge in [0.2, 0.25) is 5.91 Å². The van der Waals surface area contributed by atoms with Gasteiger partial charge in [0.15, 0.2) is 0 Å². The van der Waals surface area contributed by atoms with Gasteiger partial charge in [-0.05, 0) is 36.7 Å². The summed E-state index contributed by atoms with van der Waals surface area (Å²) < 4.78 is 0. The first-order valence-electron chi connectivity index (χ1n) is 6.44. The van der Waals surface area contributed by atoms with Crippen molar-refractivity contribution in [2.45, 2.75) is 19.3 Å². The van der Waals surface area contributed by atoms with E-state index in [-0.39, 0.29) is 5.91 Å². The highest BCUT2D eigenvalue weighted by molar-refractivity contribution is 5.94. The quantitative estimate of drug-likeness (QED) is 0.777. The number of hydrogen-bond acceptors (Lipinski definition) is 3. The molecule has 1 amide bonds. The number of nitrogens with one attached hydrogen (secondary N) is 2. The highest BCUT2D eigenvalue weighted by Gasteiger charge is 2.15. The second kappa shape index (κ2) is 4.85. The number of aryl methyl sites for hydroxylation is 1. The van der Waals surface area contributed by atoms with Gasteiger partial charge in [-0.3, -0.25) is 9.89 Å². The van der Waals surface area contributed by atoms with Gasteiger partial charge in [-0.1, -0.05) is 6.07 Å². The molecule has 1 aliphatic heterocycles.